The standard InChI is InChI=1S/C21H25N5O3S/c1-4-26(5-2)30(28,29)20-12-17(11-10-16(20)3)21(27)24-19-9-7-6-8-18(19)13-25-15-22-14-23-25/h6-12,14-15H,4-5,13H2,1-3H3,(H,24,27). The summed E-state index contributed by atoms with van der Waals surface area (Å²) in [6.45, 7) is 6.49. The van der Waals surface area contributed by atoms with Crippen molar-refractivity contribution in [1.29, 1.82) is 0 Å². The van der Waals surface area contributed by atoms with Gasteiger partial charge >= 0.3 is 0 Å². The summed E-state index contributed by atoms with van der Waals surface area (Å²) in [5, 5.41) is 6.98. The lowest BCUT2D eigenvalue weighted by atomic mass is 10.1. The third kappa shape index (κ3) is 4.58. The van der Waals surface area contributed by atoms with Gasteiger partial charge in [-0.15, -0.1) is 0 Å². The van der Waals surface area contributed by atoms with Crippen LogP contribution >= 0.6 is 0 Å². The molecule has 2 aromatic carbocycles. The molecule has 30 heavy (non-hydrogen) atoms. The molecule has 0 unspecified atom stereocenters. The second-order valence-corrected chi connectivity index (χ2v) is 8.68. The number of aryl methyl sites for hydroxylation is 1. The van der Waals surface area contributed by atoms with E-state index in [2.05, 4.69) is 15.4 Å². The van der Waals surface area contributed by atoms with E-state index >= 15 is 0 Å². The molecule has 1 amide bonds. The molecule has 0 saturated heterocycles. The van der Waals surface area contributed by atoms with Gasteiger partial charge in [-0.2, -0.15) is 9.40 Å². The van der Waals surface area contributed by atoms with Crippen LogP contribution in [0.25, 0.3) is 0 Å². The second-order valence-electron chi connectivity index (χ2n) is 6.77. The van der Waals surface area contributed by atoms with E-state index in [1.54, 1.807) is 50.0 Å². The van der Waals surface area contributed by atoms with Crippen LogP contribution < -0.4 is 5.32 Å². The lowest BCUT2D eigenvalue weighted by molar-refractivity contribution is 0.102. The predicted octanol–water partition coefficient (Wildman–Crippen LogP) is 2.92. The van der Waals surface area contributed by atoms with Crippen LogP contribution in [0.5, 0.6) is 0 Å². The van der Waals surface area contributed by atoms with Crippen molar-refractivity contribution in [2.45, 2.75) is 32.2 Å². The van der Waals surface area contributed by atoms with Crippen LogP contribution in [0.15, 0.2) is 60.0 Å². The quantitative estimate of drug-likeness (QED) is 0.596. The fourth-order valence-electron chi connectivity index (χ4n) is 3.19. The Kier molecular flexibility index (Phi) is 6.63. The predicted molar refractivity (Wildman–Crippen MR) is 115 cm³/mol. The maximum absolute atomic E-state index is 13.0. The van der Waals surface area contributed by atoms with Gasteiger partial charge in [0, 0.05) is 24.3 Å². The summed E-state index contributed by atoms with van der Waals surface area (Å²) in [5.74, 6) is -0.378. The Bertz CT molecular complexity index is 1120. The molecule has 158 valence electrons. The lowest BCUT2D eigenvalue weighted by Gasteiger charge is -2.20. The van der Waals surface area contributed by atoms with Crippen molar-refractivity contribution in [2.75, 3.05) is 18.4 Å². The van der Waals surface area contributed by atoms with Crippen molar-refractivity contribution in [3.8, 4) is 0 Å². The smallest absolute Gasteiger partial charge is 0.255 e. The SMILES string of the molecule is CCN(CC)S(=O)(=O)c1cc(C(=O)Nc2ccccc2Cn2cncn2)ccc1C. The lowest BCUT2D eigenvalue weighted by Crippen LogP contribution is -2.31. The van der Waals surface area contributed by atoms with Crippen LogP contribution in [-0.2, 0) is 16.6 Å². The number of amides is 1. The van der Waals surface area contributed by atoms with Crippen LogP contribution in [0.3, 0.4) is 0 Å². The average Bonchev–Trinajstić information content (AvgIpc) is 3.23. The molecule has 8 nitrogen and oxygen atoms in total. The Morgan fingerprint density at radius 2 is 1.87 bits per heavy atom. The zero-order valence-corrected chi connectivity index (χ0v) is 18.1. The molecule has 1 N–H and O–H groups in total. The summed E-state index contributed by atoms with van der Waals surface area (Å²) in [7, 11) is -3.67. The molecule has 1 aromatic heterocycles. The molecular formula is C21H25N5O3S. The first-order chi connectivity index (χ1) is 14.4. The van der Waals surface area contributed by atoms with Gasteiger partial charge in [0.15, 0.2) is 0 Å². The van der Waals surface area contributed by atoms with Crippen molar-refractivity contribution in [3.05, 3.63) is 71.8 Å². The third-order valence-electron chi connectivity index (χ3n) is 4.84. The summed E-state index contributed by atoms with van der Waals surface area (Å²) in [6, 6.07) is 12.1. The van der Waals surface area contributed by atoms with Crippen molar-refractivity contribution in [1.82, 2.24) is 19.1 Å². The molecule has 0 aliphatic rings. The zero-order chi connectivity index (χ0) is 21.7. The Balaban J connectivity index is 1.89. The first kappa shape index (κ1) is 21.7. The molecule has 0 fully saturated rings. The number of hydrogen-bond donors (Lipinski definition) is 1. The van der Waals surface area contributed by atoms with Crippen molar-refractivity contribution in [3.63, 3.8) is 0 Å². The van der Waals surface area contributed by atoms with Crippen LogP contribution in [-0.4, -0.2) is 46.5 Å². The summed E-state index contributed by atoms with van der Waals surface area (Å²) >= 11 is 0. The summed E-state index contributed by atoms with van der Waals surface area (Å²) in [5.41, 5.74) is 2.37. The molecule has 0 radical (unpaired) electrons. The van der Waals surface area contributed by atoms with Gasteiger partial charge in [0.2, 0.25) is 10.0 Å². The molecule has 3 aromatic rings. The highest BCUT2D eigenvalue weighted by Gasteiger charge is 2.24. The topological polar surface area (TPSA) is 97.2 Å². The van der Waals surface area contributed by atoms with Crippen LogP contribution in [0.1, 0.15) is 35.3 Å². The Morgan fingerprint density at radius 1 is 1.13 bits per heavy atom. The van der Waals surface area contributed by atoms with E-state index in [0.717, 1.165) is 5.56 Å². The highest BCUT2D eigenvalue weighted by molar-refractivity contribution is 7.89. The van der Waals surface area contributed by atoms with E-state index in [-0.39, 0.29) is 16.4 Å². The summed E-state index contributed by atoms with van der Waals surface area (Å²) in [4.78, 5) is 17.0. The number of hydrogen-bond acceptors (Lipinski definition) is 5. The maximum atomic E-state index is 13.0. The molecule has 0 aliphatic heterocycles. The molecule has 0 aliphatic carbocycles. The highest BCUT2D eigenvalue weighted by atomic mass is 32.2. The molecule has 9 heteroatoms. The first-order valence-electron chi connectivity index (χ1n) is 9.69. The summed E-state index contributed by atoms with van der Waals surface area (Å²) < 4.78 is 29.0. The van der Waals surface area contributed by atoms with Crippen molar-refractivity contribution < 1.29 is 13.2 Å². The van der Waals surface area contributed by atoms with Crippen LogP contribution in [0.2, 0.25) is 0 Å². The fraction of sp³-hybridized carbons (Fsp3) is 0.286. The van der Waals surface area contributed by atoms with Gasteiger partial charge in [-0.05, 0) is 36.2 Å². The monoisotopic (exact) mass is 427 g/mol. The number of carbonyl (C=O) groups is 1. The number of rotatable bonds is 8. The third-order valence-corrected chi connectivity index (χ3v) is 7.03. The highest BCUT2D eigenvalue weighted by Crippen LogP contribution is 2.23. The van der Waals surface area contributed by atoms with E-state index in [4.69, 9.17) is 0 Å². The minimum atomic E-state index is -3.67. The Labute approximate surface area is 176 Å². The number of carbonyl (C=O) groups excluding carboxylic acids is 1. The number of benzene rings is 2. The van der Waals surface area contributed by atoms with E-state index in [1.165, 1.54) is 16.7 Å². The Morgan fingerprint density at radius 3 is 2.53 bits per heavy atom. The van der Waals surface area contributed by atoms with Gasteiger partial charge in [-0.3, -0.25) is 4.79 Å². The molecule has 0 saturated carbocycles. The second kappa shape index (κ2) is 9.19. The van der Waals surface area contributed by atoms with Gasteiger partial charge in [0.1, 0.15) is 12.7 Å². The molecule has 3 rings (SSSR count). The minimum Gasteiger partial charge on any atom is -0.322 e. The number of para-hydroxylation sites is 1. The number of sulfonamides is 1. The largest absolute Gasteiger partial charge is 0.322 e. The Hall–Kier alpha value is -3.04. The fourth-order valence-corrected chi connectivity index (χ4v) is 4.89. The number of nitrogens with zero attached hydrogens (tertiary/aromatic N) is 4. The molecule has 0 atom stereocenters. The molecular weight excluding hydrogens is 402 g/mol. The maximum Gasteiger partial charge on any atom is 0.255 e. The van der Waals surface area contributed by atoms with Gasteiger partial charge in [0.05, 0.1) is 11.4 Å². The van der Waals surface area contributed by atoms with E-state index in [1.807, 2.05) is 18.2 Å². The van der Waals surface area contributed by atoms with Crippen molar-refractivity contribution in [2.24, 2.45) is 0 Å². The summed E-state index contributed by atoms with van der Waals surface area (Å²) in [6.07, 6.45) is 3.05. The van der Waals surface area contributed by atoms with Gasteiger partial charge in [-0.1, -0.05) is 38.1 Å². The van der Waals surface area contributed by atoms with Crippen LogP contribution in [0.4, 0.5) is 5.69 Å². The van der Waals surface area contributed by atoms with Gasteiger partial charge in [0.25, 0.3) is 5.91 Å². The number of anilines is 1. The minimum absolute atomic E-state index is 0.148. The first-order valence-corrected chi connectivity index (χ1v) is 11.1. The number of aromatic nitrogens is 3. The van der Waals surface area contributed by atoms with Gasteiger partial charge < -0.3 is 5.32 Å². The molecule has 0 bridgehead atoms. The van der Waals surface area contributed by atoms with E-state index in [9.17, 15) is 13.2 Å². The zero-order valence-electron chi connectivity index (χ0n) is 17.2. The molecule has 1 heterocycles. The average molecular weight is 428 g/mol. The van der Waals surface area contributed by atoms with Gasteiger partial charge in [-0.25, -0.2) is 18.1 Å². The van der Waals surface area contributed by atoms with E-state index < -0.39 is 10.0 Å². The normalized spacial score (nSPS) is 11.6. The number of nitrogens with one attached hydrogen (secondary N) is 1. The van der Waals surface area contributed by atoms with Crippen molar-refractivity contribution >= 4 is 21.6 Å². The molecule has 0 spiro atoms. The van der Waals surface area contributed by atoms with E-state index in [0.29, 0.717) is 30.9 Å². The van der Waals surface area contributed by atoms with Crippen LogP contribution in [0, 0.1) is 6.92 Å².